The summed E-state index contributed by atoms with van der Waals surface area (Å²) in [7, 11) is 3.18. The molecule has 0 N–H and O–H groups in total. The van der Waals surface area contributed by atoms with Crippen LogP contribution in [0.15, 0.2) is 47.8 Å². The van der Waals surface area contributed by atoms with Gasteiger partial charge >= 0.3 is 0 Å². The molecule has 4 nitrogen and oxygen atoms in total. The topological polar surface area (TPSA) is 55.1 Å². The number of methoxy groups -OCH3 is 2. The minimum absolute atomic E-state index is 0.471. The van der Waals surface area contributed by atoms with E-state index in [4.69, 9.17) is 21.1 Å². The van der Waals surface area contributed by atoms with Gasteiger partial charge in [-0.3, -0.25) is 0 Å². The number of rotatable bonds is 5. The molecule has 0 atom stereocenters. The van der Waals surface area contributed by atoms with E-state index in [-0.39, 0.29) is 0 Å². The molecule has 0 unspecified atom stereocenters. The van der Waals surface area contributed by atoms with Gasteiger partial charge in [0.05, 0.1) is 25.5 Å². The highest BCUT2D eigenvalue weighted by Crippen LogP contribution is 2.31. The zero-order valence-electron chi connectivity index (χ0n) is 14.2. The smallest absolute Gasteiger partial charge is 0.134 e. The minimum Gasteiger partial charge on any atom is -0.497 e. The second-order valence-corrected chi connectivity index (χ2v) is 6.62. The lowest BCUT2D eigenvalue weighted by atomic mass is 10.1. The van der Waals surface area contributed by atoms with Gasteiger partial charge in [-0.05, 0) is 30.3 Å². The van der Waals surface area contributed by atoms with Gasteiger partial charge in [0.2, 0.25) is 0 Å². The third-order valence-electron chi connectivity index (χ3n) is 3.74. The van der Waals surface area contributed by atoms with Gasteiger partial charge in [0.15, 0.2) is 0 Å². The number of allylic oxidation sites excluding steroid dienone is 1. The average molecular weight is 383 g/mol. The first kappa shape index (κ1) is 18.0. The van der Waals surface area contributed by atoms with Crippen molar-refractivity contribution >= 4 is 34.6 Å². The van der Waals surface area contributed by atoms with E-state index in [1.54, 1.807) is 26.4 Å². The van der Waals surface area contributed by atoms with Crippen LogP contribution >= 0.6 is 22.9 Å². The van der Waals surface area contributed by atoms with Crippen LogP contribution in [0.2, 0.25) is 5.02 Å². The van der Waals surface area contributed by atoms with E-state index in [0.717, 1.165) is 16.8 Å². The summed E-state index contributed by atoms with van der Waals surface area (Å²) in [4.78, 5) is 4.59. The Morgan fingerprint density at radius 1 is 1.15 bits per heavy atom. The Hall–Kier alpha value is -2.81. The van der Waals surface area contributed by atoms with Gasteiger partial charge in [-0.15, -0.1) is 11.3 Å². The second kappa shape index (κ2) is 8.05. The molecule has 0 saturated heterocycles. The molecule has 6 heteroatoms. The quantitative estimate of drug-likeness (QED) is 0.543. The molecular weight excluding hydrogens is 368 g/mol. The fraction of sp³-hybridized carbons (Fsp3) is 0.100. The Labute approximate surface area is 160 Å². The summed E-state index contributed by atoms with van der Waals surface area (Å²) < 4.78 is 10.6. The lowest BCUT2D eigenvalue weighted by molar-refractivity contribution is 0.394. The highest BCUT2D eigenvalue weighted by atomic mass is 35.5. The van der Waals surface area contributed by atoms with Crippen LogP contribution in [0.1, 0.15) is 10.6 Å². The maximum Gasteiger partial charge on any atom is 0.134 e. The van der Waals surface area contributed by atoms with Gasteiger partial charge in [-0.1, -0.05) is 23.7 Å². The molecule has 2 aromatic carbocycles. The van der Waals surface area contributed by atoms with Gasteiger partial charge in [0.1, 0.15) is 22.6 Å². The van der Waals surface area contributed by atoms with Crippen molar-refractivity contribution < 1.29 is 9.47 Å². The lowest BCUT2D eigenvalue weighted by Crippen LogP contribution is -1.90. The number of nitrogens with zero attached hydrogens (tertiary/aromatic N) is 2. The Morgan fingerprint density at radius 2 is 1.92 bits per heavy atom. The van der Waals surface area contributed by atoms with Crippen molar-refractivity contribution in [2.45, 2.75) is 0 Å². The summed E-state index contributed by atoms with van der Waals surface area (Å²) in [6.45, 7) is 0. The highest BCUT2D eigenvalue weighted by Gasteiger charge is 2.11. The standard InChI is InChI=1S/C20H15ClN2O2S/c1-24-17-8-5-14(19(10-17)25-2)9-15(11-22)20-23-18(12-26-20)13-3-6-16(21)7-4-13/h3-10,12H,1-2H3/b15-9+. The van der Waals surface area contributed by atoms with Gasteiger partial charge in [0.25, 0.3) is 0 Å². The van der Waals surface area contributed by atoms with E-state index in [1.165, 1.54) is 11.3 Å². The molecule has 0 aliphatic heterocycles. The molecular formula is C20H15ClN2O2S. The first-order chi connectivity index (χ1) is 12.6. The van der Waals surface area contributed by atoms with E-state index >= 15 is 0 Å². The number of ether oxygens (including phenoxy) is 2. The van der Waals surface area contributed by atoms with Gasteiger partial charge < -0.3 is 9.47 Å². The first-order valence-electron chi connectivity index (χ1n) is 7.70. The van der Waals surface area contributed by atoms with Crippen molar-refractivity contribution in [2.75, 3.05) is 14.2 Å². The highest BCUT2D eigenvalue weighted by molar-refractivity contribution is 7.11. The largest absolute Gasteiger partial charge is 0.497 e. The van der Waals surface area contributed by atoms with Crippen molar-refractivity contribution in [2.24, 2.45) is 0 Å². The number of halogens is 1. The van der Waals surface area contributed by atoms with Crippen molar-refractivity contribution in [3.8, 4) is 28.8 Å². The molecule has 0 bridgehead atoms. The number of nitriles is 1. The van der Waals surface area contributed by atoms with Crippen LogP contribution in [0.3, 0.4) is 0 Å². The predicted octanol–water partition coefficient (Wildman–Crippen LogP) is 5.54. The summed E-state index contributed by atoms with van der Waals surface area (Å²) >= 11 is 7.35. The molecule has 1 heterocycles. The van der Waals surface area contributed by atoms with Crippen LogP contribution < -0.4 is 9.47 Å². The maximum absolute atomic E-state index is 9.59. The third kappa shape index (κ3) is 3.88. The molecule has 0 aliphatic carbocycles. The number of hydrogen-bond acceptors (Lipinski definition) is 5. The van der Waals surface area contributed by atoms with E-state index in [1.807, 2.05) is 41.8 Å². The summed E-state index contributed by atoms with van der Waals surface area (Å²) in [5.74, 6) is 1.32. The maximum atomic E-state index is 9.59. The summed E-state index contributed by atoms with van der Waals surface area (Å²) in [6, 6.07) is 15.1. The van der Waals surface area contributed by atoms with E-state index in [9.17, 15) is 5.26 Å². The Morgan fingerprint density at radius 3 is 2.58 bits per heavy atom. The molecule has 0 fully saturated rings. The monoisotopic (exact) mass is 382 g/mol. The van der Waals surface area contributed by atoms with Crippen molar-refractivity contribution in [3.05, 3.63) is 63.4 Å². The van der Waals surface area contributed by atoms with Gasteiger partial charge in [-0.25, -0.2) is 4.98 Å². The van der Waals surface area contributed by atoms with Crippen LogP contribution in [-0.4, -0.2) is 19.2 Å². The van der Waals surface area contributed by atoms with E-state index in [0.29, 0.717) is 27.1 Å². The molecule has 0 spiro atoms. The number of aromatic nitrogens is 1. The molecule has 0 saturated carbocycles. The molecule has 26 heavy (non-hydrogen) atoms. The molecule has 0 amide bonds. The third-order valence-corrected chi connectivity index (χ3v) is 4.86. The zero-order chi connectivity index (χ0) is 18.5. The number of thiazole rings is 1. The molecule has 0 radical (unpaired) electrons. The molecule has 3 aromatic rings. The Balaban J connectivity index is 1.96. The molecule has 1 aromatic heterocycles. The number of benzene rings is 2. The predicted molar refractivity (Wildman–Crippen MR) is 106 cm³/mol. The Bertz CT molecular complexity index is 988. The summed E-state index contributed by atoms with van der Waals surface area (Å²) in [6.07, 6.45) is 1.77. The number of hydrogen-bond donors (Lipinski definition) is 0. The fourth-order valence-electron chi connectivity index (χ4n) is 2.39. The van der Waals surface area contributed by atoms with Crippen molar-refractivity contribution in [3.63, 3.8) is 0 Å². The molecule has 130 valence electrons. The SMILES string of the molecule is COc1ccc(/C=C(\C#N)c2nc(-c3ccc(Cl)cc3)cs2)c(OC)c1. The van der Waals surface area contributed by atoms with E-state index in [2.05, 4.69) is 11.1 Å². The minimum atomic E-state index is 0.471. The van der Waals surface area contributed by atoms with Crippen LogP contribution in [0.4, 0.5) is 0 Å². The average Bonchev–Trinajstić information content (AvgIpc) is 3.16. The molecule has 0 aliphatic rings. The van der Waals surface area contributed by atoms with Crippen LogP contribution in [0.25, 0.3) is 22.9 Å². The van der Waals surface area contributed by atoms with E-state index < -0.39 is 0 Å². The van der Waals surface area contributed by atoms with Gasteiger partial charge in [-0.2, -0.15) is 5.26 Å². The lowest BCUT2D eigenvalue weighted by Gasteiger charge is -2.07. The normalized spacial score (nSPS) is 11.1. The van der Waals surface area contributed by atoms with Crippen LogP contribution in [-0.2, 0) is 0 Å². The van der Waals surface area contributed by atoms with Crippen LogP contribution in [0, 0.1) is 11.3 Å². The summed E-state index contributed by atoms with van der Waals surface area (Å²) in [5.41, 5.74) is 3.02. The first-order valence-corrected chi connectivity index (χ1v) is 8.96. The van der Waals surface area contributed by atoms with Crippen molar-refractivity contribution in [1.82, 2.24) is 4.98 Å². The summed E-state index contributed by atoms with van der Waals surface area (Å²) in [5, 5.41) is 12.8. The zero-order valence-corrected chi connectivity index (χ0v) is 15.8. The van der Waals surface area contributed by atoms with Crippen LogP contribution in [0.5, 0.6) is 11.5 Å². The second-order valence-electron chi connectivity index (χ2n) is 5.32. The Kier molecular flexibility index (Phi) is 5.57. The van der Waals surface area contributed by atoms with Gasteiger partial charge in [0, 0.05) is 27.6 Å². The van der Waals surface area contributed by atoms with Crippen molar-refractivity contribution in [1.29, 1.82) is 5.26 Å². The molecule has 3 rings (SSSR count). The fourth-order valence-corrected chi connectivity index (χ4v) is 3.31.